The van der Waals surface area contributed by atoms with Crippen molar-refractivity contribution in [3.63, 3.8) is 0 Å². The maximum absolute atomic E-state index is 12.6. The molecule has 24 heavy (non-hydrogen) atoms. The van der Waals surface area contributed by atoms with Gasteiger partial charge in [0.2, 0.25) is 0 Å². The number of hydrogen-bond acceptors (Lipinski definition) is 2. The van der Waals surface area contributed by atoms with Crippen molar-refractivity contribution in [2.45, 2.75) is 26.3 Å². The molecule has 0 radical (unpaired) electrons. The summed E-state index contributed by atoms with van der Waals surface area (Å²) >= 11 is 0. The molecule has 0 fully saturated rings. The molecule has 2 aromatic rings. The van der Waals surface area contributed by atoms with E-state index < -0.39 is 0 Å². The van der Waals surface area contributed by atoms with Crippen molar-refractivity contribution < 1.29 is 9.59 Å². The summed E-state index contributed by atoms with van der Waals surface area (Å²) < 4.78 is 0. The zero-order chi connectivity index (χ0) is 17.4. The topological polar surface area (TPSA) is 70.2 Å². The number of carbonyl (C=O) groups excluding carboxylic acids is 2. The third kappa shape index (κ3) is 4.84. The van der Waals surface area contributed by atoms with Crippen LogP contribution in [-0.2, 0) is 0 Å². The quantitative estimate of drug-likeness (QED) is 0.758. The first-order valence-electron chi connectivity index (χ1n) is 8.11. The Morgan fingerprint density at radius 1 is 1.00 bits per heavy atom. The highest BCUT2D eigenvalue weighted by molar-refractivity contribution is 6.03. The van der Waals surface area contributed by atoms with E-state index in [1.54, 1.807) is 24.3 Å². The molecule has 5 nitrogen and oxygen atoms in total. The van der Waals surface area contributed by atoms with Crippen molar-refractivity contribution in [2.24, 2.45) is 0 Å². The molecule has 1 atom stereocenters. The number of rotatable bonds is 6. The minimum atomic E-state index is -0.312. The van der Waals surface area contributed by atoms with Gasteiger partial charge in [-0.15, -0.1) is 0 Å². The molecule has 3 N–H and O–H groups in total. The first kappa shape index (κ1) is 17.5. The van der Waals surface area contributed by atoms with Crippen LogP contribution in [0.25, 0.3) is 0 Å². The van der Waals surface area contributed by atoms with Gasteiger partial charge in [0.15, 0.2) is 0 Å². The van der Waals surface area contributed by atoms with Crippen LogP contribution in [0, 0.1) is 0 Å². The predicted molar refractivity (Wildman–Crippen MR) is 96.1 cm³/mol. The average molecular weight is 325 g/mol. The second-order valence-corrected chi connectivity index (χ2v) is 5.53. The first-order chi connectivity index (χ1) is 11.6. The molecule has 0 bridgehead atoms. The Hall–Kier alpha value is -2.82. The molecule has 0 saturated heterocycles. The number of carbonyl (C=O) groups is 2. The molecular weight excluding hydrogens is 302 g/mol. The Morgan fingerprint density at radius 3 is 2.38 bits per heavy atom. The third-order valence-electron chi connectivity index (χ3n) is 3.60. The first-order valence-corrected chi connectivity index (χ1v) is 8.11. The van der Waals surface area contributed by atoms with E-state index >= 15 is 0 Å². The van der Waals surface area contributed by atoms with Crippen molar-refractivity contribution in [3.05, 3.63) is 65.7 Å². The molecule has 0 aliphatic rings. The highest BCUT2D eigenvalue weighted by Gasteiger charge is 2.15. The SMILES string of the molecule is CCCNC(=O)Nc1ccccc1C(=O)N[C@H](C)c1ccccc1. The molecule has 0 heterocycles. The van der Waals surface area contributed by atoms with Crippen LogP contribution in [0.3, 0.4) is 0 Å². The summed E-state index contributed by atoms with van der Waals surface area (Å²) in [6, 6.07) is 16.3. The molecule has 0 aliphatic heterocycles. The number of nitrogens with one attached hydrogen (secondary N) is 3. The summed E-state index contributed by atoms with van der Waals surface area (Å²) in [5, 5.41) is 8.42. The zero-order valence-corrected chi connectivity index (χ0v) is 14.0. The standard InChI is InChI=1S/C19H23N3O2/c1-3-13-20-19(24)22-17-12-8-7-11-16(17)18(23)21-14(2)15-9-5-4-6-10-15/h4-12,14H,3,13H2,1-2H3,(H,21,23)(H2,20,22,24)/t14-/m1/s1. The molecule has 0 aromatic heterocycles. The summed E-state index contributed by atoms with van der Waals surface area (Å²) in [6.07, 6.45) is 0.851. The summed E-state index contributed by atoms with van der Waals surface area (Å²) in [5.41, 5.74) is 1.95. The molecule has 0 spiro atoms. The smallest absolute Gasteiger partial charge is 0.319 e. The summed E-state index contributed by atoms with van der Waals surface area (Å²) in [4.78, 5) is 24.4. The van der Waals surface area contributed by atoms with E-state index in [4.69, 9.17) is 0 Å². The van der Waals surface area contributed by atoms with Crippen LogP contribution in [0.15, 0.2) is 54.6 Å². The van der Waals surface area contributed by atoms with Gasteiger partial charge in [-0.3, -0.25) is 4.79 Å². The molecule has 2 rings (SSSR count). The van der Waals surface area contributed by atoms with Gasteiger partial charge in [-0.05, 0) is 31.0 Å². The van der Waals surface area contributed by atoms with E-state index in [9.17, 15) is 9.59 Å². The Bertz CT molecular complexity index is 686. The number of benzene rings is 2. The normalized spacial score (nSPS) is 11.4. The molecule has 5 heteroatoms. The molecule has 0 unspecified atom stereocenters. The Kier molecular flexibility index (Phi) is 6.37. The monoisotopic (exact) mass is 325 g/mol. The Balaban J connectivity index is 2.08. The van der Waals surface area contributed by atoms with E-state index in [-0.39, 0.29) is 18.0 Å². The average Bonchev–Trinajstić information content (AvgIpc) is 2.61. The number of para-hydroxylation sites is 1. The molecule has 2 aromatic carbocycles. The lowest BCUT2D eigenvalue weighted by Gasteiger charge is -2.16. The van der Waals surface area contributed by atoms with Gasteiger partial charge in [0, 0.05) is 6.54 Å². The predicted octanol–water partition coefficient (Wildman–Crippen LogP) is 3.71. The van der Waals surface area contributed by atoms with Crippen LogP contribution in [0.5, 0.6) is 0 Å². The van der Waals surface area contributed by atoms with Gasteiger partial charge >= 0.3 is 6.03 Å². The fraction of sp³-hybridized carbons (Fsp3) is 0.263. The lowest BCUT2D eigenvalue weighted by atomic mass is 10.1. The zero-order valence-electron chi connectivity index (χ0n) is 14.0. The number of amides is 3. The van der Waals surface area contributed by atoms with Crippen LogP contribution < -0.4 is 16.0 Å². The van der Waals surface area contributed by atoms with Crippen LogP contribution in [0.2, 0.25) is 0 Å². The highest BCUT2D eigenvalue weighted by Crippen LogP contribution is 2.17. The minimum Gasteiger partial charge on any atom is -0.345 e. The Morgan fingerprint density at radius 2 is 1.67 bits per heavy atom. The van der Waals surface area contributed by atoms with Crippen molar-refractivity contribution >= 4 is 17.6 Å². The van der Waals surface area contributed by atoms with E-state index in [1.165, 1.54) is 0 Å². The van der Waals surface area contributed by atoms with Gasteiger partial charge in [-0.2, -0.15) is 0 Å². The van der Waals surface area contributed by atoms with Crippen LogP contribution in [0.1, 0.15) is 42.2 Å². The summed E-state index contributed by atoms with van der Waals surface area (Å²) in [6.45, 7) is 4.50. The molecule has 0 saturated carbocycles. The fourth-order valence-corrected chi connectivity index (χ4v) is 2.29. The van der Waals surface area contributed by atoms with E-state index in [0.29, 0.717) is 17.8 Å². The fourth-order valence-electron chi connectivity index (χ4n) is 2.29. The van der Waals surface area contributed by atoms with Crippen molar-refractivity contribution in [2.75, 3.05) is 11.9 Å². The third-order valence-corrected chi connectivity index (χ3v) is 3.60. The van der Waals surface area contributed by atoms with E-state index in [0.717, 1.165) is 12.0 Å². The second kappa shape index (κ2) is 8.72. The van der Waals surface area contributed by atoms with Gasteiger partial charge < -0.3 is 16.0 Å². The van der Waals surface area contributed by atoms with E-state index in [2.05, 4.69) is 16.0 Å². The maximum atomic E-state index is 12.6. The van der Waals surface area contributed by atoms with Gasteiger partial charge in [-0.25, -0.2) is 4.79 Å². The lowest BCUT2D eigenvalue weighted by molar-refractivity contribution is 0.0941. The Labute approximate surface area is 142 Å². The van der Waals surface area contributed by atoms with Gasteiger partial charge in [0.05, 0.1) is 17.3 Å². The molecule has 126 valence electrons. The van der Waals surface area contributed by atoms with E-state index in [1.807, 2.05) is 44.2 Å². The second-order valence-electron chi connectivity index (χ2n) is 5.53. The number of hydrogen-bond donors (Lipinski definition) is 3. The molecular formula is C19H23N3O2. The van der Waals surface area contributed by atoms with Gasteiger partial charge in [0.1, 0.15) is 0 Å². The van der Waals surface area contributed by atoms with Crippen molar-refractivity contribution in [1.82, 2.24) is 10.6 Å². The number of anilines is 1. The van der Waals surface area contributed by atoms with Crippen LogP contribution in [-0.4, -0.2) is 18.5 Å². The van der Waals surface area contributed by atoms with Gasteiger partial charge in [0.25, 0.3) is 5.91 Å². The molecule has 0 aliphatic carbocycles. The highest BCUT2D eigenvalue weighted by atomic mass is 16.2. The van der Waals surface area contributed by atoms with Gasteiger partial charge in [-0.1, -0.05) is 49.4 Å². The minimum absolute atomic E-state index is 0.124. The lowest BCUT2D eigenvalue weighted by Crippen LogP contribution is -2.31. The number of urea groups is 1. The molecule has 3 amide bonds. The maximum Gasteiger partial charge on any atom is 0.319 e. The van der Waals surface area contributed by atoms with Crippen molar-refractivity contribution in [3.8, 4) is 0 Å². The van der Waals surface area contributed by atoms with Crippen LogP contribution >= 0.6 is 0 Å². The summed E-state index contributed by atoms with van der Waals surface area (Å²) in [5.74, 6) is -0.224. The van der Waals surface area contributed by atoms with Crippen LogP contribution in [0.4, 0.5) is 10.5 Å². The largest absolute Gasteiger partial charge is 0.345 e. The van der Waals surface area contributed by atoms with Crippen molar-refractivity contribution in [1.29, 1.82) is 0 Å². The summed E-state index contributed by atoms with van der Waals surface area (Å²) in [7, 11) is 0.